The molecule has 6 nitrogen and oxygen atoms in total. The lowest BCUT2D eigenvalue weighted by Gasteiger charge is -2.48. The zero-order valence-corrected chi connectivity index (χ0v) is 19.1. The van der Waals surface area contributed by atoms with Gasteiger partial charge in [0, 0.05) is 11.9 Å². The molecule has 0 spiro atoms. The van der Waals surface area contributed by atoms with Crippen molar-refractivity contribution in [1.29, 1.82) is 0 Å². The molecule has 1 aromatic heterocycles. The van der Waals surface area contributed by atoms with Crippen LogP contribution < -0.4 is 5.73 Å². The summed E-state index contributed by atoms with van der Waals surface area (Å²) < 4.78 is 6.09. The number of carbonyl (C=O) groups is 2. The van der Waals surface area contributed by atoms with E-state index in [-0.39, 0.29) is 17.0 Å². The van der Waals surface area contributed by atoms with Gasteiger partial charge >= 0.3 is 5.97 Å². The van der Waals surface area contributed by atoms with Gasteiger partial charge in [-0.1, -0.05) is 72.8 Å². The van der Waals surface area contributed by atoms with Crippen LogP contribution in [-0.2, 0) is 14.3 Å². The zero-order chi connectivity index (χ0) is 23.5. The first-order valence-electron chi connectivity index (χ1n) is 11.0. The molecule has 1 unspecified atom stereocenters. The molecule has 2 N–H and O–H groups in total. The van der Waals surface area contributed by atoms with E-state index in [0.717, 1.165) is 16.8 Å². The zero-order valence-electron chi connectivity index (χ0n) is 18.3. The van der Waals surface area contributed by atoms with E-state index in [0.29, 0.717) is 11.3 Å². The smallest absolute Gasteiger partial charge is 0.356 e. The van der Waals surface area contributed by atoms with Crippen LogP contribution in [0, 0.1) is 0 Å². The van der Waals surface area contributed by atoms with Gasteiger partial charge in [0.1, 0.15) is 17.1 Å². The van der Waals surface area contributed by atoms with Gasteiger partial charge in [-0.05, 0) is 34.9 Å². The molecule has 1 saturated heterocycles. The number of carbonyl (C=O) groups excluding carboxylic acids is 2. The largest absolute Gasteiger partial charge is 0.448 e. The summed E-state index contributed by atoms with van der Waals surface area (Å²) in [4.78, 5) is 32.1. The van der Waals surface area contributed by atoms with Crippen molar-refractivity contribution in [2.45, 2.75) is 17.5 Å². The minimum absolute atomic E-state index is 0.250. The standard InChI is InChI=1S/C27H23N3O3S/c28-22-25(31)30-23(20(17-34-26(22)30)14-15-21-13-7-8-16-29-21)27(32)33-24(18-9-3-1-4-10-18)19-11-5-2-6-12-19/h1-16,22,24,26H,17,28H2/t22?,26-/m1/s1. The lowest BCUT2D eigenvalue weighted by molar-refractivity contribution is -0.153. The van der Waals surface area contributed by atoms with Crippen LogP contribution in [0.2, 0.25) is 0 Å². The highest BCUT2D eigenvalue weighted by atomic mass is 32.2. The Labute approximate surface area is 202 Å². The molecule has 0 saturated carbocycles. The van der Waals surface area contributed by atoms with Gasteiger partial charge < -0.3 is 10.5 Å². The predicted molar refractivity (Wildman–Crippen MR) is 132 cm³/mol. The highest BCUT2D eigenvalue weighted by Gasteiger charge is 2.52. The number of hydrogen-bond acceptors (Lipinski definition) is 6. The summed E-state index contributed by atoms with van der Waals surface area (Å²) in [5.41, 5.74) is 9.43. The number of rotatable bonds is 6. The van der Waals surface area contributed by atoms with Gasteiger partial charge in [-0.2, -0.15) is 0 Å². The highest BCUT2D eigenvalue weighted by Crippen LogP contribution is 2.41. The molecule has 0 bridgehead atoms. The summed E-state index contributed by atoms with van der Waals surface area (Å²) in [7, 11) is 0. The van der Waals surface area contributed by atoms with Crippen LogP contribution in [0.1, 0.15) is 22.9 Å². The van der Waals surface area contributed by atoms with E-state index in [1.54, 1.807) is 18.0 Å². The van der Waals surface area contributed by atoms with Gasteiger partial charge in [0.25, 0.3) is 0 Å². The maximum atomic E-state index is 13.6. The third kappa shape index (κ3) is 4.27. The van der Waals surface area contributed by atoms with Crippen molar-refractivity contribution in [2.75, 3.05) is 5.75 Å². The molecule has 5 rings (SSSR count). The lowest BCUT2D eigenvalue weighted by atomic mass is 10.0. The van der Waals surface area contributed by atoms with E-state index in [4.69, 9.17) is 10.5 Å². The van der Waals surface area contributed by atoms with E-state index in [2.05, 4.69) is 4.98 Å². The van der Waals surface area contributed by atoms with E-state index in [1.807, 2.05) is 91.0 Å². The summed E-state index contributed by atoms with van der Waals surface area (Å²) in [6.07, 6.45) is 4.76. The number of esters is 1. The number of pyridine rings is 1. The Bertz CT molecular complexity index is 1210. The van der Waals surface area contributed by atoms with Crippen molar-refractivity contribution in [3.05, 3.63) is 119 Å². The Kier molecular flexibility index (Phi) is 6.29. The topological polar surface area (TPSA) is 85.5 Å². The van der Waals surface area contributed by atoms with E-state index >= 15 is 0 Å². The van der Waals surface area contributed by atoms with E-state index < -0.39 is 18.1 Å². The van der Waals surface area contributed by atoms with Crippen LogP contribution in [0.25, 0.3) is 6.08 Å². The summed E-state index contributed by atoms with van der Waals surface area (Å²) in [5, 5.41) is -0.269. The Morgan fingerprint density at radius 1 is 1.00 bits per heavy atom. The average Bonchev–Trinajstić information content (AvgIpc) is 2.91. The number of nitrogens with two attached hydrogens (primary N) is 1. The summed E-state index contributed by atoms with van der Waals surface area (Å²) in [6, 6.07) is 24.1. The average molecular weight is 470 g/mol. The van der Waals surface area contributed by atoms with Crippen LogP contribution >= 0.6 is 11.8 Å². The molecule has 2 atom stereocenters. The molecule has 2 aliphatic rings. The number of ether oxygens (including phenoxy) is 1. The Balaban J connectivity index is 1.51. The van der Waals surface area contributed by atoms with Crippen LogP contribution in [0.3, 0.4) is 0 Å². The van der Waals surface area contributed by atoms with E-state index in [9.17, 15) is 9.59 Å². The Hall–Kier alpha value is -3.68. The van der Waals surface area contributed by atoms with Gasteiger partial charge in [0.05, 0.1) is 5.69 Å². The normalized spacial score (nSPS) is 19.8. The van der Waals surface area contributed by atoms with Gasteiger partial charge in [0.2, 0.25) is 5.91 Å². The minimum Gasteiger partial charge on any atom is -0.448 e. The molecular weight excluding hydrogens is 446 g/mol. The Morgan fingerprint density at radius 2 is 1.65 bits per heavy atom. The molecule has 1 amide bonds. The van der Waals surface area contributed by atoms with Crippen LogP contribution in [0.4, 0.5) is 0 Å². The van der Waals surface area contributed by atoms with Crippen LogP contribution in [0.5, 0.6) is 0 Å². The van der Waals surface area contributed by atoms with Crippen molar-refractivity contribution in [2.24, 2.45) is 5.73 Å². The maximum Gasteiger partial charge on any atom is 0.356 e. The quantitative estimate of drug-likeness (QED) is 0.435. The molecular formula is C27H23N3O3S. The summed E-state index contributed by atoms with van der Waals surface area (Å²) in [5.74, 6) is -0.287. The third-order valence-corrected chi connectivity index (χ3v) is 7.13. The second-order valence-corrected chi connectivity index (χ2v) is 9.11. The van der Waals surface area contributed by atoms with Crippen molar-refractivity contribution in [3.8, 4) is 0 Å². The second-order valence-electron chi connectivity index (χ2n) is 8.00. The molecule has 3 heterocycles. The first kappa shape index (κ1) is 22.1. The number of β-lactam (4-membered cyclic amide) rings is 1. The fraction of sp³-hybridized carbons (Fsp3) is 0.148. The number of benzene rings is 2. The number of thioether (sulfide) groups is 1. The van der Waals surface area contributed by atoms with Crippen molar-refractivity contribution in [3.63, 3.8) is 0 Å². The molecule has 0 radical (unpaired) electrons. The van der Waals surface area contributed by atoms with Crippen LogP contribution in [0.15, 0.2) is 102 Å². The molecule has 3 aromatic rings. The molecule has 7 heteroatoms. The van der Waals surface area contributed by atoms with E-state index in [1.165, 1.54) is 4.90 Å². The highest BCUT2D eigenvalue weighted by molar-refractivity contribution is 8.00. The number of allylic oxidation sites excluding steroid dienone is 1. The van der Waals surface area contributed by atoms with Gasteiger partial charge in [-0.15, -0.1) is 11.8 Å². The van der Waals surface area contributed by atoms with Gasteiger partial charge in [0.15, 0.2) is 6.10 Å². The predicted octanol–water partition coefficient (Wildman–Crippen LogP) is 3.92. The second kappa shape index (κ2) is 9.67. The first-order chi connectivity index (χ1) is 16.6. The number of fused-ring (bicyclic) bond motifs is 1. The maximum absolute atomic E-state index is 13.6. The molecule has 34 heavy (non-hydrogen) atoms. The molecule has 2 aromatic carbocycles. The molecule has 170 valence electrons. The number of aromatic nitrogens is 1. The summed E-state index contributed by atoms with van der Waals surface area (Å²) in [6.45, 7) is 0. The number of hydrogen-bond donors (Lipinski definition) is 1. The van der Waals surface area contributed by atoms with Crippen molar-refractivity contribution < 1.29 is 14.3 Å². The third-order valence-electron chi connectivity index (χ3n) is 5.80. The summed E-state index contributed by atoms with van der Waals surface area (Å²) >= 11 is 1.54. The van der Waals surface area contributed by atoms with Crippen LogP contribution in [-0.4, -0.2) is 38.9 Å². The molecule has 0 aliphatic carbocycles. The number of amides is 1. The van der Waals surface area contributed by atoms with Gasteiger partial charge in [-0.3, -0.25) is 14.7 Å². The number of nitrogens with zero attached hydrogens (tertiary/aromatic N) is 2. The van der Waals surface area contributed by atoms with Crippen molar-refractivity contribution in [1.82, 2.24) is 9.88 Å². The van der Waals surface area contributed by atoms with Gasteiger partial charge in [-0.25, -0.2) is 4.79 Å². The monoisotopic (exact) mass is 469 g/mol. The lowest BCUT2D eigenvalue weighted by Crippen LogP contribution is -2.68. The fourth-order valence-corrected chi connectivity index (χ4v) is 5.33. The fourth-order valence-electron chi connectivity index (χ4n) is 4.06. The van der Waals surface area contributed by atoms with Crippen molar-refractivity contribution >= 4 is 29.7 Å². The molecule has 1 fully saturated rings. The first-order valence-corrected chi connectivity index (χ1v) is 12.0. The Morgan fingerprint density at radius 3 is 2.26 bits per heavy atom. The molecule has 2 aliphatic heterocycles. The SMILES string of the molecule is NC1C(=O)N2C(C(=O)OC(c3ccccc3)c3ccccc3)=C(C=Cc3ccccn3)CS[C@H]12. The minimum atomic E-state index is -0.617.